The topological polar surface area (TPSA) is 59.7 Å². The van der Waals surface area contributed by atoms with Gasteiger partial charge in [0, 0.05) is 17.5 Å². The van der Waals surface area contributed by atoms with Crippen molar-refractivity contribution in [3.05, 3.63) is 34.7 Å². The van der Waals surface area contributed by atoms with Crippen molar-refractivity contribution in [2.24, 2.45) is 0 Å². The molecule has 2 atom stereocenters. The molecule has 0 aliphatic rings. The Morgan fingerprint density at radius 3 is 2.72 bits per heavy atom. The Bertz CT molecular complexity index is 618. The molecule has 2 aromatic rings. The number of benzene rings is 1. The van der Waals surface area contributed by atoms with E-state index in [1.807, 2.05) is 0 Å². The van der Waals surface area contributed by atoms with E-state index < -0.39 is 17.9 Å². The first-order valence-electron chi connectivity index (χ1n) is 5.55. The smallest absolute Gasteiger partial charge is 0.336 e. The molecule has 1 aromatic carbocycles. The average molecular weight is 252 g/mol. The summed E-state index contributed by atoms with van der Waals surface area (Å²) < 4.78 is 23.2. The molecule has 1 aromatic heterocycles. The van der Waals surface area contributed by atoms with Crippen LogP contribution in [0.1, 0.15) is 13.8 Å². The molecule has 0 fully saturated rings. The highest BCUT2D eigenvalue weighted by Gasteiger charge is 2.15. The Labute approximate surface area is 103 Å². The summed E-state index contributed by atoms with van der Waals surface area (Å²) in [6.45, 7) is 2.92. The fraction of sp³-hybridized carbons (Fsp3) is 0.308. The van der Waals surface area contributed by atoms with Crippen LogP contribution in [0.4, 0.5) is 4.39 Å². The molecule has 1 heterocycles. The van der Waals surface area contributed by atoms with Crippen LogP contribution in [0.3, 0.4) is 0 Å². The third-order valence-electron chi connectivity index (χ3n) is 2.66. The number of alkyl halides is 1. The van der Waals surface area contributed by atoms with E-state index in [-0.39, 0.29) is 17.1 Å². The zero-order valence-electron chi connectivity index (χ0n) is 10.0. The van der Waals surface area contributed by atoms with Gasteiger partial charge in [0.25, 0.3) is 0 Å². The molecule has 1 N–H and O–H groups in total. The summed E-state index contributed by atoms with van der Waals surface area (Å²) in [7, 11) is 0. The largest absolute Gasteiger partial charge is 0.504 e. The normalized spacial score (nSPS) is 14.4. The molecule has 96 valence electrons. The molecule has 18 heavy (non-hydrogen) atoms. The number of ether oxygens (including phenoxy) is 1. The second-order valence-electron chi connectivity index (χ2n) is 4.11. The van der Waals surface area contributed by atoms with Gasteiger partial charge in [-0.05, 0) is 26.0 Å². The molecule has 0 saturated carbocycles. The summed E-state index contributed by atoms with van der Waals surface area (Å²) in [4.78, 5) is 11.1. The Morgan fingerprint density at radius 2 is 2.06 bits per heavy atom. The quantitative estimate of drug-likeness (QED) is 0.853. The fourth-order valence-corrected chi connectivity index (χ4v) is 1.47. The fourth-order valence-electron chi connectivity index (χ4n) is 1.47. The minimum absolute atomic E-state index is 0.0915. The number of rotatable bonds is 3. The van der Waals surface area contributed by atoms with Crippen molar-refractivity contribution in [2.75, 3.05) is 0 Å². The Hall–Kier alpha value is -2.04. The highest BCUT2D eigenvalue weighted by atomic mass is 19.1. The van der Waals surface area contributed by atoms with Crippen molar-refractivity contribution in [2.45, 2.75) is 26.1 Å². The van der Waals surface area contributed by atoms with Crippen molar-refractivity contribution in [1.82, 2.24) is 0 Å². The van der Waals surface area contributed by atoms with E-state index in [9.17, 15) is 14.3 Å². The minimum Gasteiger partial charge on any atom is -0.504 e. The van der Waals surface area contributed by atoms with Crippen LogP contribution in [-0.4, -0.2) is 17.4 Å². The molecule has 0 amide bonds. The molecule has 0 saturated heterocycles. The van der Waals surface area contributed by atoms with Gasteiger partial charge in [-0.2, -0.15) is 0 Å². The van der Waals surface area contributed by atoms with E-state index in [4.69, 9.17) is 9.15 Å². The van der Waals surface area contributed by atoms with Crippen LogP contribution in [0.15, 0.2) is 33.5 Å². The molecule has 2 rings (SSSR count). The molecular weight excluding hydrogens is 239 g/mol. The summed E-state index contributed by atoms with van der Waals surface area (Å²) in [6.07, 6.45) is -1.88. The first kappa shape index (κ1) is 12.4. The first-order valence-corrected chi connectivity index (χ1v) is 5.55. The van der Waals surface area contributed by atoms with Crippen LogP contribution in [0.5, 0.6) is 11.5 Å². The van der Waals surface area contributed by atoms with E-state index in [0.717, 1.165) is 0 Å². The maximum atomic E-state index is 13.0. The lowest BCUT2D eigenvalue weighted by Gasteiger charge is -2.16. The van der Waals surface area contributed by atoms with Gasteiger partial charge in [-0.15, -0.1) is 0 Å². The monoisotopic (exact) mass is 252 g/mol. The van der Waals surface area contributed by atoms with Gasteiger partial charge in [0.15, 0.2) is 11.5 Å². The molecule has 5 heteroatoms. The molecule has 0 spiro atoms. The summed E-state index contributed by atoms with van der Waals surface area (Å²) in [5.41, 5.74) is -0.208. The van der Waals surface area contributed by atoms with Gasteiger partial charge < -0.3 is 14.3 Å². The third-order valence-corrected chi connectivity index (χ3v) is 2.66. The van der Waals surface area contributed by atoms with Gasteiger partial charge in [-0.3, -0.25) is 0 Å². The maximum Gasteiger partial charge on any atom is 0.336 e. The number of phenols is 1. The molecular formula is C13H13FO4. The Balaban J connectivity index is 2.45. The van der Waals surface area contributed by atoms with Crippen molar-refractivity contribution in [3.63, 3.8) is 0 Å². The second kappa shape index (κ2) is 4.68. The summed E-state index contributed by atoms with van der Waals surface area (Å²) in [5, 5.41) is 10.3. The molecule has 4 nitrogen and oxygen atoms in total. The van der Waals surface area contributed by atoms with Gasteiger partial charge in [0.05, 0.1) is 0 Å². The van der Waals surface area contributed by atoms with Gasteiger partial charge >= 0.3 is 5.63 Å². The van der Waals surface area contributed by atoms with E-state index in [0.29, 0.717) is 5.39 Å². The Kier molecular flexibility index (Phi) is 3.23. The predicted molar refractivity (Wildman–Crippen MR) is 64.8 cm³/mol. The number of phenolic OH excluding ortho intramolecular Hbond substituents is 1. The lowest BCUT2D eigenvalue weighted by atomic mass is 10.2. The third kappa shape index (κ3) is 2.45. The summed E-state index contributed by atoms with van der Waals surface area (Å²) >= 11 is 0. The molecule has 0 aliphatic carbocycles. The summed E-state index contributed by atoms with van der Waals surface area (Å²) in [6, 6.07) is 5.58. The molecule has 0 bridgehead atoms. The molecule has 0 radical (unpaired) electrons. The van der Waals surface area contributed by atoms with Crippen molar-refractivity contribution in [3.8, 4) is 11.5 Å². The van der Waals surface area contributed by atoms with Crippen LogP contribution >= 0.6 is 0 Å². The number of hydrogen-bond donors (Lipinski definition) is 1. The minimum atomic E-state index is -1.18. The maximum absolute atomic E-state index is 13.0. The van der Waals surface area contributed by atoms with Crippen LogP contribution in [0.25, 0.3) is 11.0 Å². The lowest BCUT2D eigenvalue weighted by Crippen LogP contribution is -2.22. The predicted octanol–water partition coefficient (Wildman–Crippen LogP) is 2.62. The van der Waals surface area contributed by atoms with Gasteiger partial charge in [0.2, 0.25) is 0 Å². The standard InChI is InChI=1S/C13H13FO4/c1-7(14)8(2)17-12-6-11-9(5-10(12)15)3-4-13(16)18-11/h3-8,15H,1-2H3. The van der Waals surface area contributed by atoms with E-state index in [1.165, 1.54) is 31.2 Å². The van der Waals surface area contributed by atoms with Gasteiger partial charge in [0.1, 0.15) is 17.9 Å². The van der Waals surface area contributed by atoms with Gasteiger partial charge in [-0.1, -0.05) is 0 Å². The first-order chi connectivity index (χ1) is 8.47. The molecule has 2 unspecified atom stereocenters. The number of aromatic hydroxyl groups is 1. The highest BCUT2D eigenvalue weighted by Crippen LogP contribution is 2.31. The number of halogens is 1. The van der Waals surface area contributed by atoms with Crippen LogP contribution in [-0.2, 0) is 0 Å². The highest BCUT2D eigenvalue weighted by molar-refractivity contribution is 5.80. The van der Waals surface area contributed by atoms with Crippen LogP contribution < -0.4 is 10.4 Å². The average Bonchev–Trinajstić information content (AvgIpc) is 2.30. The van der Waals surface area contributed by atoms with Crippen LogP contribution in [0.2, 0.25) is 0 Å². The zero-order valence-corrected chi connectivity index (χ0v) is 10.0. The number of fused-ring (bicyclic) bond motifs is 1. The van der Waals surface area contributed by atoms with Crippen molar-refractivity contribution in [1.29, 1.82) is 0 Å². The molecule has 0 aliphatic heterocycles. The van der Waals surface area contributed by atoms with Crippen molar-refractivity contribution >= 4 is 11.0 Å². The van der Waals surface area contributed by atoms with Crippen molar-refractivity contribution < 1.29 is 18.7 Å². The SMILES string of the molecule is CC(F)C(C)Oc1cc2oc(=O)ccc2cc1O. The van der Waals surface area contributed by atoms with Crippen LogP contribution in [0, 0.1) is 0 Å². The second-order valence-corrected chi connectivity index (χ2v) is 4.11. The Morgan fingerprint density at radius 1 is 1.33 bits per heavy atom. The van der Waals surface area contributed by atoms with E-state index in [2.05, 4.69) is 0 Å². The lowest BCUT2D eigenvalue weighted by molar-refractivity contribution is 0.122. The van der Waals surface area contributed by atoms with Gasteiger partial charge in [-0.25, -0.2) is 9.18 Å². The number of hydrogen-bond acceptors (Lipinski definition) is 4. The summed E-state index contributed by atoms with van der Waals surface area (Å²) in [5.74, 6) is -0.0299. The van der Waals surface area contributed by atoms with E-state index >= 15 is 0 Å². The zero-order chi connectivity index (χ0) is 13.3. The van der Waals surface area contributed by atoms with E-state index in [1.54, 1.807) is 6.92 Å².